The molecule has 0 saturated carbocycles. The number of nitrogen functional groups attached to an aromatic ring is 1. The molecule has 1 amide bonds. The van der Waals surface area contributed by atoms with Crippen molar-refractivity contribution in [2.45, 2.75) is 20.3 Å². The Hall–Kier alpha value is -1.73. The normalized spacial score (nSPS) is 10.8. The fraction of sp³-hybridized carbons (Fsp3) is 0.333. The van der Waals surface area contributed by atoms with Crippen LogP contribution < -0.4 is 11.1 Å². The molecule has 0 aliphatic heterocycles. The number of carbonyl (C=O) groups is 1. The summed E-state index contributed by atoms with van der Waals surface area (Å²) in [4.78, 5) is 15.9. The first-order chi connectivity index (χ1) is 9.45. The van der Waals surface area contributed by atoms with Crippen LogP contribution in [-0.4, -0.2) is 21.1 Å². The summed E-state index contributed by atoms with van der Waals surface area (Å²) in [6.45, 7) is 4.19. The van der Waals surface area contributed by atoms with E-state index >= 15 is 0 Å². The van der Waals surface area contributed by atoms with E-state index in [1.54, 1.807) is 0 Å². The van der Waals surface area contributed by atoms with Gasteiger partial charge in [0, 0.05) is 6.42 Å². The highest BCUT2D eigenvalue weighted by Crippen LogP contribution is 2.21. The van der Waals surface area contributed by atoms with Crippen molar-refractivity contribution in [3.63, 3.8) is 0 Å². The van der Waals surface area contributed by atoms with Crippen LogP contribution in [0.4, 0.5) is 10.8 Å². The first kappa shape index (κ1) is 14.7. The minimum Gasteiger partial charge on any atom is -0.397 e. The van der Waals surface area contributed by atoms with Crippen LogP contribution in [0, 0.1) is 5.92 Å². The third-order valence-corrected chi connectivity index (χ3v) is 3.48. The van der Waals surface area contributed by atoms with Gasteiger partial charge < -0.3 is 5.73 Å². The quantitative estimate of drug-likeness (QED) is 0.846. The molecule has 0 aromatic carbocycles. The molecule has 106 valence electrons. The number of anilines is 2. The van der Waals surface area contributed by atoms with E-state index in [1.807, 2.05) is 0 Å². The number of carbonyl (C=O) groups excluding carboxylic acids is 1. The number of pyridine rings is 1. The Bertz CT molecular complexity index is 628. The third-order valence-electron chi connectivity index (χ3n) is 2.42. The summed E-state index contributed by atoms with van der Waals surface area (Å²) in [6.07, 6.45) is 2.18. The molecule has 2 aromatic heterocycles. The second kappa shape index (κ2) is 6.15. The molecule has 2 rings (SSSR count). The molecule has 0 spiro atoms. The number of aromatic nitrogens is 3. The Morgan fingerprint density at radius 3 is 2.95 bits per heavy atom. The van der Waals surface area contributed by atoms with Gasteiger partial charge in [-0.3, -0.25) is 10.1 Å². The van der Waals surface area contributed by atoms with E-state index in [2.05, 4.69) is 34.3 Å². The number of hydrogen-bond donors (Lipinski definition) is 2. The molecule has 0 aliphatic carbocycles. The summed E-state index contributed by atoms with van der Waals surface area (Å²) >= 11 is 7.10. The zero-order valence-electron chi connectivity index (χ0n) is 11.1. The SMILES string of the molecule is CC(C)Cc1nnc(NC(=O)c2cc(Cl)ncc2N)s1. The molecule has 2 aromatic rings. The Morgan fingerprint density at radius 1 is 1.50 bits per heavy atom. The first-order valence-corrected chi connectivity index (χ1v) is 7.20. The van der Waals surface area contributed by atoms with Gasteiger partial charge in [-0.25, -0.2) is 4.98 Å². The number of amides is 1. The predicted octanol–water partition coefficient (Wildman–Crippen LogP) is 2.62. The van der Waals surface area contributed by atoms with Crippen molar-refractivity contribution < 1.29 is 4.79 Å². The molecule has 0 atom stereocenters. The highest BCUT2D eigenvalue weighted by Gasteiger charge is 2.14. The summed E-state index contributed by atoms with van der Waals surface area (Å²) in [5.41, 5.74) is 6.23. The Balaban J connectivity index is 2.11. The molecular weight excluding hydrogens is 298 g/mol. The van der Waals surface area contributed by atoms with Gasteiger partial charge in [-0.2, -0.15) is 0 Å². The van der Waals surface area contributed by atoms with E-state index in [1.165, 1.54) is 23.6 Å². The summed E-state index contributed by atoms with van der Waals surface area (Å²) in [6, 6.07) is 1.42. The number of nitrogens with one attached hydrogen (secondary N) is 1. The summed E-state index contributed by atoms with van der Waals surface area (Å²) in [5.74, 6) is 0.111. The van der Waals surface area contributed by atoms with Gasteiger partial charge in [-0.1, -0.05) is 36.8 Å². The monoisotopic (exact) mass is 311 g/mol. The van der Waals surface area contributed by atoms with Gasteiger partial charge in [-0.15, -0.1) is 10.2 Å². The van der Waals surface area contributed by atoms with E-state index in [0.717, 1.165) is 11.4 Å². The molecule has 20 heavy (non-hydrogen) atoms. The average Bonchev–Trinajstić information content (AvgIpc) is 2.78. The molecule has 0 aliphatic rings. The van der Waals surface area contributed by atoms with Crippen LogP contribution >= 0.6 is 22.9 Å². The van der Waals surface area contributed by atoms with Gasteiger partial charge in [0.1, 0.15) is 10.2 Å². The summed E-state index contributed by atoms with van der Waals surface area (Å²) < 4.78 is 0. The molecule has 0 unspecified atom stereocenters. The second-order valence-electron chi connectivity index (χ2n) is 4.65. The standard InChI is InChI=1S/C12H14ClN5OS/c1-6(2)3-10-17-18-12(20-10)16-11(19)7-4-9(13)15-5-8(7)14/h4-6H,3,14H2,1-2H3,(H,16,18,19). The van der Waals surface area contributed by atoms with Gasteiger partial charge in [0.2, 0.25) is 5.13 Å². The Kier molecular flexibility index (Phi) is 4.51. The van der Waals surface area contributed by atoms with Crippen molar-refractivity contribution in [3.8, 4) is 0 Å². The fourth-order valence-corrected chi connectivity index (χ4v) is 2.64. The molecule has 0 radical (unpaired) electrons. The average molecular weight is 312 g/mol. The van der Waals surface area contributed by atoms with Crippen LogP contribution in [0.25, 0.3) is 0 Å². The number of nitrogens with zero attached hydrogens (tertiary/aromatic N) is 3. The number of nitrogens with two attached hydrogens (primary N) is 1. The van der Waals surface area contributed by atoms with E-state index in [4.69, 9.17) is 17.3 Å². The number of halogens is 1. The van der Waals surface area contributed by atoms with Crippen LogP contribution in [0.5, 0.6) is 0 Å². The third kappa shape index (κ3) is 3.64. The lowest BCUT2D eigenvalue weighted by molar-refractivity contribution is 0.102. The lowest BCUT2D eigenvalue weighted by Crippen LogP contribution is -2.14. The van der Waals surface area contributed by atoms with Crippen molar-refractivity contribution in [3.05, 3.63) is 28.0 Å². The minimum absolute atomic E-state index is 0.210. The zero-order chi connectivity index (χ0) is 14.7. The maximum absolute atomic E-state index is 12.1. The smallest absolute Gasteiger partial charge is 0.259 e. The second-order valence-corrected chi connectivity index (χ2v) is 6.10. The number of hydrogen-bond acceptors (Lipinski definition) is 6. The van der Waals surface area contributed by atoms with Crippen molar-refractivity contribution in [2.24, 2.45) is 5.92 Å². The van der Waals surface area contributed by atoms with Crippen LogP contribution in [0.3, 0.4) is 0 Å². The van der Waals surface area contributed by atoms with Crippen molar-refractivity contribution >= 4 is 39.7 Å². The molecule has 2 heterocycles. The summed E-state index contributed by atoms with van der Waals surface area (Å²) in [7, 11) is 0. The van der Waals surface area contributed by atoms with Crippen LogP contribution in [0.15, 0.2) is 12.3 Å². The Labute approximate surface area is 125 Å². The zero-order valence-corrected chi connectivity index (χ0v) is 12.6. The molecule has 0 fully saturated rings. The topological polar surface area (TPSA) is 93.8 Å². The number of rotatable bonds is 4. The van der Waals surface area contributed by atoms with Gasteiger partial charge in [0.15, 0.2) is 0 Å². The maximum atomic E-state index is 12.1. The molecular formula is C12H14ClN5OS. The van der Waals surface area contributed by atoms with Gasteiger partial charge in [0.25, 0.3) is 5.91 Å². The molecule has 6 nitrogen and oxygen atoms in total. The van der Waals surface area contributed by atoms with E-state index < -0.39 is 0 Å². The van der Waals surface area contributed by atoms with Gasteiger partial charge in [0.05, 0.1) is 17.4 Å². The molecule has 0 saturated heterocycles. The lowest BCUT2D eigenvalue weighted by Gasteiger charge is -2.04. The minimum atomic E-state index is -0.376. The van der Waals surface area contributed by atoms with Crippen molar-refractivity contribution in [2.75, 3.05) is 11.1 Å². The van der Waals surface area contributed by atoms with Gasteiger partial charge >= 0.3 is 0 Å². The van der Waals surface area contributed by atoms with E-state index in [0.29, 0.717) is 11.0 Å². The van der Waals surface area contributed by atoms with Crippen LogP contribution in [0.1, 0.15) is 29.2 Å². The largest absolute Gasteiger partial charge is 0.397 e. The van der Waals surface area contributed by atoms with E-state index in [9.17, 15) is 4.79 Å². The van der Waals surface area contributed by atoms with Crippen LogP contribution in [-0.2, 0) is 6.42 Å². The van der Waals surface area contributed by atoms with Crippen LogP contribution in [0.2, 0.25) is 5.15 Å². The summed E-state index contributed by atoms with van der Waals surface area (Å²) in [5, 5.41) is 12.2. The fourth-order valence-electron chi connectivity index (χ4n) is 1.54. The van der Waals surface area contributed by atoms with Gasteiger partial charge in [-0.05, 0) is 12.0 Å². The van der Waals surface area contributed by atoms with Crippen molar-refractivity contribution in [1.29, 1.82) is 0 Å². The maximum Gasteiger partial charge on any atom is 0.259 e. The molecule has 3 N–H and O–H groups in total. The highest BCUT2D eigenvalue weighted by molar-refractivity contribution is 7.15. The van der Waals surface area contributed by atoms with E-state index in [-0.39, 0.29) is 22.3 Å². The molecule has 8 heteroatoms. The highest BCUT2D eigenvalue weighted by atomic mass is 35.5. The first-order valence-electron chi connectivity index (χ1n) is 6.00. The molecule has 0 bridgehead atoms. The Morgan fingerprint density at radius 2 is 2.25 bits per heavy atom. The lowest BCUT2D eigenvalue weighted by atomic mass is 10.1. The predicted molar refractivity (Wildman–Crippen MR) is 80.1 cm³/mol. The van der Waals surface area contributed by atoms with Crippen molar-refractivity contribution in [1.82, 2.24) is 15.2 Å².